The van der Waals surface area contributed by atoms with Crippen LogP contribution in [0.3, 0.4) is 0 Å². The largest absolute Gasteiger partial charge is 0.494 e. The quantitative estimate of drug-likeness (QED) is 0.846. The lowest BCUT2D eigenvalue weighted by molar-refractivity contribution is -0.119. The Bertz CT molecular complexity index is 537. The maximum atomic E-state index is 11.3. The summed E-state index contributed by atoms with van der Waals surface area (Å²) in [4.78, 5) is 11.3. The van der Waals surface area contributed by atoms with Crippen molar-refractivity contribution in [3.63, 3.8) is 0 Å². The third kappa shape index (κ3) is 2.60. The number of hydrogen-bond donors (Lipinski definition) is 1. The van der Waals surface area contributed by atoms with Crippen LogP contribution < -0.4 is 10.8 Å². The van der Waals surface area contributed by atoms with Crippen LogP contribution in [0.1, 0.15) is 52.1 Å². The topological polar surface area (TPSA) is 47.6 Å². The van der Waals surface area contributed by atoms with E-state index in [1.165, 1.54) is 0 Å². The van der Waals surface area contributed by atoms with E-state index in [-0.39, 0.29) is 30.3 Å². The van der Waals surface area contributed by atoms with Crippen molar-refractivity contribution in [2.24, 2.45) is 0 Å². The Balaban J connectivity index is 1.75. The first-order valence-corrected chi connectivity index (χ1v) is 7.53. The van der Waals surface area contributed by atoms with E-state index >= 15 is 0 Å². The normalized spacial score (nSPS) is 27.0. The average molecular weight is 287 g/mol. The summed E-state index contributed by atoms with van der Waals surface area (Å²) in [7, 11) is -0.331. The molecule has 1 atom stereocenters. The lowest BCUT2D eigenvalue weighted by atomic mass is 9.78. The molecule has 0 saturated carbocycles. The van der Waals surface area contributed by atoms with Gasteiger partial charge in [-0.2, -0.15) is 0 Å². The molecule has 1 aromatic rings. The molecular formula is C16H22BNO3. The molecule has 1 amide bonds. The second-order valence-corrected chi connectivity index (χ2v) is 6.91. The number of carbonyl (C=O) groups excluding carboxylic acids is 1. The summed E-state index contributed by atoms with van der Waals surface area (Å²) in [6.45, 7) is 8.20. The predicted molar refractivity (Wildman–Crippen MR) is 82.3 cm³/mol. The molecule has 2 aliphatic rings. The Morgan fingerprint density at radius 3 is 2.14 bits per heavy atom. The zero-order chi connectivity index (χ0) is 15.3. The van der Waals surface area contributed by atoms with E-state index in [2.05, 4.69) is 45.1 Å². The Morgan fingerprint density at radius 2 is 1.67 bits per heavy atom. The first-order valence-electron chi connectivity index (χ1n) is 7.53. The van der Waals surface area contributed by atoms with Gasteiger partial charge in [-0.1, -0.05) is 24.3 Å². The van der Waals surface area contributed by atoms with Gasteiger partial charge in [0, 0.05) is 6.42 Å². The molecule has 1 aromatic carbocycles. The molecule has 112 valence electrons. The van der Waals surface area contributed by atoms with Gasteiger partial charge in [-0.15, -0.1) is 0 Å². The first-order chi connectivity index (χ1) is 9.78. The third-order valence-electron chi connectivity index (χ3n) is 4.86. The fraction of sp³-hybridized carbons (Fsp3) is 0.562. The van der Waals surface area contributed by atoms with Crippen LogP contribution in [0.15, 0.2) is 24.3 Å². The second-order valence-electron chi connectivity index (χ2n) is 6.91. The van der Waals surface area contributed by atoms with Gasteiger partial charge in [-0.3, -0.25) is 4.79 Å². The van der Waals surface area contributed by atoms with Crippen LogP contribution in [0.2, 0.25) is 0 Å². The van der Waals surface area contributed by atoms with E-state index < -0.39 is 0 Å². The van der Waals surface area contributed by atoms with Crippen LogP contribution in [-0.4, -0.2) is 24.2 Å². The summed E-state index contributed by atoms with van der Waals surface area (Å²) in [5.41, 5.74) is 1.51. The van der Waals surface area contributed by atoms with Crippen molar-refractivity contribution in [2.75, 3.05) is 0 Å². The van der Waals surface area contributed by atoms with Crippen LogP contribution in [0.4, 0.5) is 0 Å². The highest BCUT2D eigenvalue weighted by Crippen LogP contribution is 2.36. The zero-order valence-corrected chi connectivity index (χ0v) is 13.1. The average Bonchev–Trinajstić information content (AvgIpc) is 2.92. The van der Waals surface area contributed by atoms with Crippen LogP contribution in [-0.2, 0) is 14.1 Å². The van der Waals surface area contributed by atoms with Crippen molar-refractivity contribution in [3.8, 4) is 0 Å². The Morgan fingerprint density at radius 1 is 1.10 bits per heavy atom. The minimum atomic E-state index is -0.331. The second kappa shape index (κ2) is 4.85. The molecule has 0 aromatic heterocycles. The molecule has 5 heteroatoms. The monoisotopic (exact) mass is 287 g/mol. The Kier molecular flexibility index (Phi) is 3.37. The van der Waals surface area contributed by atoms with E-state index in [1.54, 1.807) is 0 Å². The van der Waals surface area contributed by atoms with Crippen LogP contribution >= 0.6 is 0 Å². The van der Waals surface area contributed by atoms with Crippen molar-refractivity contribution < 1.29 is 14.1 Å². The van der Waals surface area contributed by atoms with Crippen molar-refractivity contribution in [3.05, 3.63) is 29.8 Å². The maximum Gasteiger partial charge on any atom is 0.494 e. The molecule has 2 aliphatic heterocycles. The number of hydrogen-bond acceptors (Lipinski definition) is 3. The van der Waals surface area contributed by atoms with Gasteiger partial charge < -0.3 is 14.6 Å². The minimum absolute atomic E-state index is 0.134. The third-order valence-corrected chi connectivity index (χ3v) is 4.86. The number of nitrogens with one attached hydrogen (secondary N) is 1. The van der Waals surface area contributed by atoms with Gasteiger partial charge in [0.25, 0.3) is 0 Å². The van der Waals surface area contributed by atoms with Crippen LogP contribution in [0, 0.1) is 0 Å². The molecular weight excluding hydrogens is 265 g/mol. The molecule has 3 rings (SSSR count). The summed E-state index contributed by atoms with van der Waals surface area (Å²) in [6.07, 6.45) is 1.48. The summed E-state index contributed by atoms with van der Waals surface area (Å²) in [5.74, 6) is 0.134. The molecule has 0 radical (unpaired) electrons. The minimum Gasteiger partial charge on any atom is -0.399 e. The van der Waals surface area contributed by atoms with Gasteiger partial charge in [0.1, 0.15) is 0 Å². The number of carbonyl (C=O) groups is 1. The lowest BCUT2D eigenvalue weighted by Crippen LogP contribution is -2.41. The van der Waals surface area contributed by atoms with Gasteiger partial charge in [0.2, 0.25) is 5.91 Å². The summed E-state index contributed by atoms with van der Waals surface area (Å²) in [6, 6.07) is 8.31. The van der Waals surface area contributed by atoms with Gasteiger partial charge in [-0.05, 0) is 45.1 Å². The summed E-state index contributed by atoms with van der Waals surface area (Å²) < 4.78 is 12.1. The molecule has 2 fully saturated rings. The highest BCUT2D eigenvalue weighted by atomic mass is 16.7. The SMILES string of the molecule is CC1(C)OB(c2ccc([C@H]3CCC(=O)N3)cc2)OC1(C)C. The fourth-order valence-electron chi connectivity index (χ4n) is 2.73. The highest BCUT2D eigenvalue weighted by Gasteiger charge is 2.51. The molecule has 0 spiro atoms. The zero-order valence-electron chi connectivity index (χ0n) is 13.1. The molecule has 0 aliphatic carbocycles. The van der Waals surface area contributed by atoms with E-state index in [4.69, 9.17) is 9.31 Å². The maximum absolute atomic E-state index is 11.3. The van der Waals surface area contributed by atoms with Crippen molar-refractivity contribution in [1.29, 1.82) is 0 Å². The molecule has 0 bridgehead atoms. The van der Waals surface area contributed by atoms with E-state index in [0.29, 0.717) is 6.42 Å². The first kappa shape index (κ1) is 14.6. The fourth-order valence-corrected chi connectivity index (χ4v) is 2.73. The summed E-state index contributed by atoms with van der Waals surface area (Å²) >= 11 is 0. The van der Waals surface area contributed by atoms with Crippen molar-refractivity contribution >= 4 is 18.5 Å². The van der Waals surface area contributed by atoms with E-state index in [9.17, 15) is 4.79 Å². The van der Waals surface area contributed by atoms with Gasteiger partial charge in [0.05, 0.1) is 17.2 Å². The van der Waals surface area contributed by atoms with E-state index in [0.717, 1.165) is 17.4 Å². The van der Waals surface area contributed by atoms with E-state index in [1.807, 2.05) is 12.1 Å². The molecule has 21 heavy (non-hydrogen) atoms. The molecule has 4 nitrogen and oxygen atoms in total. The van der Waals surface area contributed by atoms with Crippen LogP contribution in [0.25, 0.3) is 0 Å². The van der Waals surface area contributed by atoms with Crippen molar-refractivity contribution in [1.82, 2.24) is 5.32 Å². The number of benzene rings is 1. The number of rotatable bonds is 2. The molecule has 2 saturated heterocycles. The summed E-state index contributed by atoms with van der Waals surface area (Å²) in [5, 5.41) is 2.98. The lowest BCUT2D eigenvalue weighted by Gasteiger charge is -2.32. The molecule has 1 N–H and O–H groups in total. The Labute approximate surface area is 126 Å². The van der Waals surface area contributed by atoms with Gasteiger partial charge >= 0.3 is 7.12 Å². The molecule has 0 unspecified atom stereocenters. The van der Waals surface area contributed by atoms with Gasteiger partial charge in [0.15, 0.2) is 0 Å². The van der Waals surface area contributed by atoms with Crippen molar-refractivity contribution in [2.45, 2.75) is 57.8 Å². The van der Waals surface area contributed by atoms with Gasteiger partial charge in [-0.25, -0.2) is 0 Å². The smallest absolute Gasteiger partial charge is 0.399 e. The Hall–Kier alpha value is -1.33. The number of amides is 1. The van der Waals surface area contributed by atoms with Crippen LogP contribution in [0.5, 0.6) is 0 Å². The highest BCUT2D eigenvalue weighted by molar-refractivity contribution is 6.62. The molecule has 2 heterocycles. The predicted octanol–water partition coefficient (Wildman–Crippen LogP) is 1.94. The standard InChI is InChI=1S/C16H22BNO3/c1-15(2)16(3,4)21-17(20-15)12-7-5-11(6-8-12)13-9-10-14(19)18-13/h5-8,13H,9-10H2,1-4H3,(H,18,19)/t13-/m1/s1.